The Morgan fingerprint density at radius 2 is 1.90 bits per heavy atom. The molecule has 0 aromatic carbocycles. The molecule has 124 valence electrons. The largest absolute Gasteiger partial charge is 0.353 e. The minimum absolute atomic E-state index is 0. The molecule has 0 spiro atoms. The van der Waals surface area contributed by atoms with Gasteiger partial charge in [0.25, 0.3) is 0 Å². The molecule has 1 fully saturated rings. The Balaban J connectivity index is 0.00000400. The number of amides is 2. The van der Waals surface area contributed by atoms with Gasteiger partial charge in [-0.05, 0) is 31.2 Å². The third-order valence-electron chi connectivity index (χ3n) is 3.54. The highest BCUT2D eigenvalue weighted by molar-refractivity contribution is 5.87. The Kier molecular flexibility index (Phi) is 9.62. The van der Waals surface area contributed by atoms with Crippen LogP contribution in [0.5, 0.6) is 0 Å². The van der Waals surface area contributed by atoms with Crippen molar-refractivity contribution < 1.29 is 9.59 Å². The van der Waals surface area contributed by atoms with E-state index in [1.807, 2.05) is 27.7 Å². The fourth-order valence-electron chi connectivity index (χ4n) is 2.40. The van der Waals surface area contributed by atoms with Gasteiger partial charge in [0.05, 0.1) is 0 Å². The number of carbonyl (C=O) groups is 2. The van der Waals surface area contributed by atoms with Gasteiger partial charge in [-0.1, -0.05) is 27.7 Å². The van der Waals surface area contributed by atoms with Gasteiger partial charge in [-0.15, -0.1) is 12.4 Å². The molecular weight excluding hydrogens is 290 g/mol. The molecule has 3 N–H and O–H groups in total. The summed E-state index contributed by atoms with van der Waals surface area (Å²) in [4.78, 5) is 24.0. The van der Waals surface area contributed by atoms with Crippen molar-refractivity contribution in [3.63, 3.8) is 0 Å². The molecule has 1 saturated heterocycles. The van der Waals surface area contributed by atoms with E-state index < -0.39 is 6.04 Å². The van der Waals surface area contributed by atoms with E-state index in [1.54, 1.807) is 0 Å². The SMILES string of the molecule is CC(C)CC(=O)NC(C(=O)NCC1CCCN1)C(C)C.Cl. The topological polar surface area (TPSA) is 70.2 Å². The Morgan fingerprint density at radius 1 is 1.24 bits per heavy atom. The second kappa shape index (κ2) is 10.0. The van der Waals surface area contributed by atoms with E-state index >= 15 is 0 Å². The van der Waals surface area contributed by atoms with Gasteiger partial charge in [-0.2, -0.15) is 0 Å². The maximum Gasteiger partial charge on any atom is 0.242 e. The minimum atomic E-state index is -0.442. The quantitative estimate of drug-likeness (QED) is 0.665. The maximum absolute atomic E-state index is 12.2. The predicted octanol–water partition coefficient (Wildman–Crippen LogP) is 1.46. The molecule has 2 atom stereocenters. The monoisotopic (exact) mass is 319 g/mol. The molecule has 21 heavy (non-hydrogen) atoms. The number of rotatable bonds is 7. The molecule has 1 rings (SSSR count). The summed E-state index contributed by atoms with van der Waals surface area (Å²) in [7, 11) is 0. The summed E-state index contributed by atoms with van der Waals surface area (Å²) >= 11 is 0. The predicted molar refractivity (Wildman–Crippen MR) is 87.5 cm³/mol. The Hall–Kier alpha value is -0.810. The first-order valence-corrected chi connectivity index (χ1v) is 7.70. The average Bonchev–Trinajstić information content (AvgIpc) is 2.84. The second-order valence-corrected chi connectivity index (χ2v) is 6.43. The van der Waals surface area contributed by atoms with E-state index in [9.17, 15) is 9.59 Å². The zero-order valence-corrected chi connectivity index (χ0v) is 14.4. The molecule has 6 heteroatoms. The summed E-state index contributed by atoms with van der Waals surface area (Å²) in [5, 5.41) is 9.15. The van der Waals surface area contributed by atoms with E-state index in [0.717, 1.165) is 13.0 Å². The van der Waals surface area contributed by atoms with Crippen molar-refractivity contribution in [2.75, 3.05) is 13.1 Å². The first-order valence-electron chi connectivity index (χ1n) is 7.70. The number of hydrogen-bond donors (Lipinski definition) is 3. The first-order chi connectivity index (χ1) is 9.40. The van der Waals surface area contributed by atoms with Crippen LogP contribution in [0.25, 0.3) is 0 Å². The Labute approximate surface area is 134 Å². The van der Waals surface area contributed by atoms with Gasteiger partial charge in [-0.3, -0.25) is 9.59 Å². The number of carbonyl (C=O) groups excluding carboxylic acids is 2. The molecule has 0 bridgehead atoms. The summed E-state index contributed by atoms with van der Waals surface area (Å²) in [6, 6.07) is -0.0687. The zero-order valence-electron chi connectivity index (χ0n) is 13.6. The molecule has 2 unspecified atom stereocenters. The van der Waals surface area contributed by atoms with Crippen molar-refractivity contribution >= 4 is 24.2 Å². The van der Waals surface area contributed by atoms with Gasteiger partial charge in [0.1, 0.15) is 6.04 Å². The fraction of sp³-hybridized carbons (Fsp3) is 0.867. The molecule has 1 heterocycles. The lowest BCUT2D eigenvalue weighted by Crippen LogP contribution is -2.51. The van der Waals surface area contributed by atoms with Crippen molar-refractivity contribution in [1.29, 1.82) is 0 Å². The molecule has 1 aliphatic rings. The van der Waals surface area contributed by atoms with E-state index in [-0.39, 0.29) is 30.1 Å². The molecule has 2 amide bonds. The third-order valence-corrected chi connectivity index (χ3v) is 3.54. The van der Waals surface area contributed by atoms with Gasteiger partial charge in [-0.25, -0.2) is 0 Å². The fourth-order valence-corrected chi connectivity index (χ4v) is 2.40. The van der Waals surface area contributed by atoms with Crippen LogP contribution in [0.4, 0.5) is 0 Å². The minimum Gasteiger partial charge on any atom is -0.353 e. The van der Waals surface area contributed by atoms with Gasteiger partial charge in [0.15, 0.2) is 0 Å². The van der Waals surface area contributed by atoms with Crippen LogP contribution in [0, 0.1) is 11.8 Å². The smallest absolute Gasteiger partial charge is 0.242 e. The van der Waals surface area contributed by atoms with Gasteiger partial charge >= 0.3 is 0 Å². The van der Waals surface area contributed by atoms with Crippen molar-refractivity contribution in [3.8, 4) is 0 Å². The van der Waals surface area contributed by atoms with Crippen LogP contribution in [0.3, 0.4) is 0 Å². The highest BCUT2D eigenvalue weighted by atomic mass is 35.5. The lowest BCUT2D eigenvalue weighted by atomic mass is 10.0. The molecule has 0 saturated carbocycles. The molecule has 0 aliphatic carbocycles. The molecular formula is C15H30ClN3O2. The van der Waals surface area contributed by atoms with E-state index in [4.69, 9.17) is 0 Å². The van der Waals surface area contributed by atoms with E-state index in [2.05, 4.69) is 16.0 Å². The van der Waals surface area contributed by atoms with Crippen LogP contribution in [-0.4, -0.2) is 37.0 Å². The Morgan fingerprint density at radius 3 is 2.38 bits per heavy atom. The summed E-state index contributed by atoms with van der Waals surface area (Å²) in [5.74, 6) is 0.259. The first kappa shape index (κ1) is 20.2. The summed E-state index contributed by atoms with van der Waals surface area (Å²) in [6.45, 7) is 9.56. The molecule has 0 aromatic heterocycles. The van der Waals surface area contributed by atoms with Gasteiger partial charge in [0.2, 0.25) is 11.8 Å². The summed E-state index contributed by atoms with van der Waals surface area (Å²) in [5.41, 5.74) is 0. The normalized spacial score (nSPS) is 19.2. The van der Waals surface area contributed by atoms with Crippen molar-refractivity contribution in [2.45, 2.75) is 59.0 Å². The number of nitrogens with one attached hydrogen (secondary N) is 3. The van der Waals surface area contributed by atoms with Crippen molar-refractivity contribution in [3.05, 3.63) is 0 Å². The van der Waals surface area contributed by atoms with Crippen LogP contribution < -0.4 is 16.0 Å². The van der Waals surface area contributed by atoms with E-state index in [0.29, 0.717) is 24.9 Å². The molecule has 0 radical (unpaired) electrons. The lowest BCUT2D eigenvalue weighted by molar-refractivity contribution is -0.130. The Bertz CT molecular complexity index is 329. The number of halogens is 1. The van der Waals surface area contributed by atoms with Gasteiger partial charge in [0, 0.05) is 19.0 Å². The maximum atomic E-state index is 12.2. The number of hydrogen-bond acceptors (Lipinski definition) is 3. The molecule has 0 aromatic rings. The highest BCUT2D eigenvalue weighted by Gasteiger charge is 2.25. The standard InChI is InChI=1S/C15H29N3O2.ClH/c1-10(2)8-13(19)18-14(11(3)4)15(20)17-9-12-6-5-7-16-12;/h10-12,14,16H,5-9H2,1-4H3,(H,17,20)(H,18,19);1H. The molecule has 1 aliphatic heterocycles. The second-order valence-electron chi connectivity index (χ2n) is 6.43. The van der Waals surface area contributed by atoms with Crippen LogP contribution >= 0.6 is 12.4 Å². The summed E-state index contributed by atoms with van der Waals surface area (Å²) < 4.78 is 0. The zero-order chi connectivity index (χ0) is 15.1. The highest BCUT2D eigenvalue weighted by Crippen LogP contribution is 2.06. The van der Waals surface area contributed by atoms with Crippen molar-refractivity contribution in [1.82, 2.24) is 16.0 Å². The lowest BCUT2D eigenvalue weighted by Gasteiger charge is -2.23. The average molecular weight is 320 g/mol. The van der Waals surface area contributed by atoms with Crippen LogP contribution in [0.1, 0.15) is 47.0 Å². The van der Waals surface area contributed by atoms with Crippen LogP contribution in [0.15, 0.2) is 0 Å². The van der Waals surface area contributed by atoms with Crippen LogP contribution in [-0.2, 0) is 9.59 Å². The third kappa shape index (κ3) is 7.67. The molecule has 5 nitrogen and oxygen atoms in total. The van der Waals surface area contributed by atoms with Crippen LogP contribution in [0.2, 0.25) is 0 Å². The summed E-state index contributed by atoms with van der Waals surface area (Å²) in [6.07, 6.45) is 2.73. The van der Waals surface area contributed by atoms with Crippen molar-refractivity contribution in [2.24, 2.45) is 11.8 Å². The van der Waals surface area contributed by atoms with E-state index in [1.165, 1.54) is 6.42 Å². The van der Waals surface area contributed by atoms with Gasteiger partial charge < -0.3 is 16.0 Å².